The minimum atomic E-state index is -0.405. The van der Waals surface area contributed by atoms with Crippen molar-refractivity contribution in [3.8, 4) is 0 Å². The summed E-state index contributed by atoms with van der Waals surface area (Å²) in [6, 6.07) is 2.03. The van der Waals surface area contributed by atoms with Crippen LogP contribution in [0.1, 0.15) is 27.7 Å². The number of nitrogens with one attached hydrogen (secondary N) is 1. The SMILES string of the molecule is CC.CC(C)Nc1ccnc2c(F)cnn12. The molecule has 2 heterocycles. The summed E-state index contributed by atoms with van der Waals surface area (Å²) in [5.74, 6) is 0.339. The van der Waals surface area contributed by atoms with Gasteiger partial charge in [-0.1, -0.05) is 13.8 Å². The van der Waals surface area contributed by atoms with E-state index in [0.717, 1.165) is 12.0 Å². The summed E-state index contributed by atoms with van der Waals surface area (Å²) in [7, 11) is 0. The Hall–Kier alpha value is -1.65. The lowest BCUT2D eigenvalue weighted by Gasteiger charge is -2.10. The molecule has 2 aromatic rings. The minimum absolute atomic E-state index is 0.246. The first-order valence-corrected chi connectivity index (χ1v) is 5.43. The van der Waals surface area contributed by atoms with Crippen molar-refractivity contribution in [2.24, 2.45) is 0 Å². The van der Waals surface area contributed by atoms with E-state index in [1.54, 1.807) is 12.3 Å². The predicted octanol–water partition coefficient (Wildman–Crippen LogP) is 2.71. The molecule has 4 nitrogen and oxygen atoms in total. The van der Waals surface area contributed by atoms with Gasteiger partial charge in [0.1, 0.15) is 5.82 Å². The molecule has 0 aliphatic rings. The quantitative estimate of drug-likeness (QED) is 0.852. The Morgan fingerprint density at radius 2 is 2.06 bits per heavy atom. The molecule has 0 saturated carbocycles. The molecule has 1 N–H and O–H groups in total. The van der Waals surface area contributed by atoms with Crippen molar-refractivity contribution in [2.75, 3.05) is 5.32 Å². The smallest absolute Gasteiger partial charge is 0.193 e. The van der Waals surface area contributed by atoms with Crippen molar-refractivity contribution >= 4 is 11.5 Å². The van der Waals surface area contributed by atoms with Gasteiger partial charge in [-0.25, -0.2) is 9.37 Å². The zero-order valence-electron chi connectivity index (χ0n) is 10.0. The van der Waals surface area contributed by atoms with E-state index < -0.39 is 5.82 Å². The third-order valence-corrected chi connectivity index (χ3v) is 1.79. The van der Waals surface area contributed by atoms with Gasteiger partial charge in [0, 0.05) is 12.2 Å². The number of fused-ring (bicyclic) bond motifs is 1. The van der Waals surface area contributed by atoms with Crippen LogP contribution in [-0.2, 0) is 0 Å². The highest BCUT2D eigenvalue weighted by atomic mass is 19.1. The van der Waals surface area contributed by atoms with Gasteiger partial charge in [0.25, 0.3) is 0 Å². The number of halogens is 1. The molecule has 0 amide bonds. The largest absolute Gasteiger partial charge is 0.368 e. The first-order chi connectivity index (χ1) is 7.68. The Morgan fingerprint density at radius 1 is 1.38 bits per heavy atom. The van der Waals surface area contributed by atoms with E-state index in [-0.39, 0.29) is 11.7 Å². The second kappa shape index (κ2) is 5.44. The lowest BCUT2D eigenvalue weighted by molar-refractivity contribution is 0.636. The van der Waals surface area contributed by atoms with Crippen LogP contribution in [-0.4, -0.2) is 20.6 Å². The molecule has 0 fully saturated rings. The van der Waals surface area contributed by atoms with E-state index in [1.165, 1.54) is 4.52 Å². The van der Waals surface area contributed by atoms with E-state index in [1.807, 2.05) is 27.7 Å². The lowest BCUT2D eigenvalue weighted by atomic mass is 10.4. The molecule has 16 heavy (non-hydrogen) atoms. The van der Waals surface area contributed by atoms with Crippen molar-refractivity contribution in [3.63, 3.8) is 0 Å². The number of hydrogen-bond acceptors (Lipinski definition) is 3. The average molecular weight is 224 g/mol. The maximum absolute atomic E-state index is 13.1. The summed E-state index contributed by atoms with van der Waals surface area (Å²) >= 11 is 0. The van der Waals surface area contributed by atoms with E-state index in [0.29, 0.717) is 0 Å². The predicted molar refractivity (Wildman–Crippen MR) is 63.1 cm³/mol. The van der Waals surface area contributed by atoms with Gasteiger partial charge in [-0.3, -0.25) is 0 Å². The maximum atomic E-state index is 13.1. The van der Waals surface area contributed by atoms with Crippen LogP contribution in [0.25, 0.3) is 5.65 Å². The molecule has 0 atom stereocenters. The molecule has 0 bridgehead atoms. The molecule has 0 spiro atoms. The van der Waals surface area contributed by atoms with E-state index >= 15 is 0 Å². The number of nitrogens with zero attached hydrogens (tertiary/aromatic N) is 3. The first kappa shape index (κ1) is 12.4. The molecule has 0 radical (unpaired) electrons. The molecule has 0 saturated heterocycles. The molecule has 2 rings (SSSR count). The standard InChI is InChI=1S/C9H11FN4.C2H6/c1-6(2)13-8-3-4-11-9-7(10)5-12-14(8)9;1-2/h3-6,13H,1-2H3;1-2H3. The van der Waals surface area contributed by atoms with Crippen molar-refractivity contribution in [3.05, 3.63) is 24.3 Å². The van der Waals surface area contributed by atoms with Crippen molar-refractivity contribution in [1.29, 1.82) is 0 Å². The molecular weight excluding hydrogens is 207 g/mol. The normalized spacial score (nSPS) is 10.1. The Bertz CT molecular complexity index is 450. The molecule has 0 aromatic carbocycles. The molecule has 0 unspecified atom stereocenters. The van der Waals surface area contributed by atoms with Gasteiger partial charge in [-0.15, -0.1) is 0 Å². The van der Waals surface area contributed by atoms with Crippen LogP contribution in [0.2, 0.25) is 0 Å². The third-order valence-electron chi connectivity index (χ3n) is 1.79. The number of aromatic nitrogens is 3. The molecule has 5 heteroatoms. The summed E-state index contributed by atoms with van der Waals surface area (Å²) in [4.78, 5) is 3.89. The van der Waals surface area contributed by atoms with Gasteiger partial charge in [-0.05, 0) is 19.9 Å². The minimum Gasteiger partial charge on any atom is -0.368 e. The summed E-state index contributed by atoms with van der Waals surface area (Å²) in [5.41, 5.74) is 0.246. The Morgan fingerprint density at radius 3 is 2.69 bits per heavy atom. The van der Waals surface area contributed by atoms with Gasteiger partial charge in [0.15, 0.2) is 11.5 Å². The molecule has 0 aliphatic heterocycles. The van der Waals surface area contributed by atoms with Gasteiger partial charge in [-0.2, -0.15) is 9.61 Å². The van der Waals surface area contributed by atoms with Crippen LogP contribution < -0.4 is 5.32 Å². The molecule has 88 valence electrons. The van der Waals surface area contributed by atoms with E-state index in [4.69, 9.17) is 0 Å². The second-order valence-corrected chi connectivity index (χ2v) is 3.36. The highest BCUT2D eigenvalue weighted by Crippen LogP contribution is 2.12. The van der Waals surface area contributed by atoms with Gasteiger partial charge < -0.3 is 5.32 Å². The molecular formula is C11H17FN4. The van der Waals surface area contributed by atoms with Crippen LogP contribution in [0.4, 0.5) is 10.2 Å². The number of hydrogen-bond donors (Lipinski definition) is 1. The highest BCUT2D eigenvalue weighted by molar-refractivity contribution is 5.48. The van der Waals surface area contributed by atoms with Crippen LogP contribution in [0.5, 0.6) is 0 Å². The topological polar surface area (TPSA) is 42.2 Å². The van der Waals surface area contributed by atoms with Crippen LogP contribution in [0, 0.1) is 5.82 Å². The fourth-order valence-corrected chi connectivity index (χ4v) is 1.27. The lowest BCUT2D eigenvalue weighted by Crippen LogP contribution is -2.13. The molecule has 0 aliphatic carbocycles. The summed E-state index contributed by atoms with van der Waals surface area (Å²) < 4.78 is 14.5. The van der Waals surface area contributed by atoms with Crippen LogP contribution in [0.3, 0.4) is 0 Å². The molecule has 2 aromatic heterocycles. The summed E-state index contributed by atoms with van der Waals surface area (Å²) in [6.07, 6.45) is 2.72. The fourth-order valence-electron chi connectivity index (χ4n) is 1.27. The monoisotopic (exact) mass is 224 g/mol. The fraction of sp³-hybridized carbons (Fsp3) is 0.455. The highest BCUT2D eigenvalue weighted by Gasteiger charge is 2.07. The van der Waals surface area contributed by atoms with Crippen LogP contribution >= 0.6 is 0 Å². The van der Waals surface area contributed by atoms with Gasteiger partial charge >= 0.3 is 0 Å². The number of rotatable bonds is 2. The van der Waals surface area contributed by atoms with Crippen molar-refractivity contribution in [1.82, 2.24) is 14.6 Å². The van der Waals surface area contributed by atoms with Gasteiger partial charge in [0.2, 0.25) is 0 Å². The van der Waals surface area contributed by atoms with Crippen LogP contribution in [0.15, 0.2) is 18.5 Å². The summed E-state index contributed by atoms with van der Waals surface area (Å²) in [5, 5.41) is 7.04. The Balaban J connectivity index is 0.000000606. The van der Waals surface area contributed by atoms with Crippen molar-refractivity contribution in [2.45, 2.75) is 33.7 Å². The zero-order valence-corrected chi connectivity index (χ0v) is 10.0. The summed E-state index contributed by atoms with van der Waals surface area (Å²) in [6.45, 7) is 8.01. The third kappa shape index (κ3) is 2.48. The zero-order chi connectivity index (χ0) is 12.1. The first-order valence-electron chi connectivity index (χ1n) is 5.43. The number of anilines is 1. The Kier molecular flexibility index (Phi) is 4.22. The Labute approximate surface area is 94.5 Å². The van der Waals surface area contributed by atoms with E-state index in [9.17, 15) is 4.39 Å². The average Bonchev–Trinajstić information content (AvgIpc) is 2.64. The maximum Gasteiger partial charge on any atom is 0.193 e. The van der Waals surface area contributed by atoms with Gasteiger partial charge in [0.05, 0.1) is 6.20 Å². The van der Waals surface area contributed by atoms with E-state index in [2.05, 4.69) is 15.4 Å². The second-order valence-electron chi connectivity index (χ2n) is 3.36. The van der Waals surface area contributed by atoms with Crippen molar-refractivity contribution < 1.29 is 4.39 Å².